The van der Waals surface area contributed by atoms with Gasteiger partial charge in [-0.25, -0.2) is 4.98 Å². The summed E-state index contributed by atoms with van der Waals surface area (Å²) >= 11 is 5.78. The Hall–Kier alpha value is -2.40. The van der Waals surface area contributed by atoms with Crippen LogP contribution in [0.4, 0.5) is 11.6 Å². The topological polar surface area (TPSA) is 71.1 Å². The summed E-state index contributed by atoms with van der Waals surface area (Å²) < 4.78 is 0. The van der Waals surface area contributed by atoms with Gasteiger partial charge in [0.25, 0.3) is 0 Å². The van der Waals surface area contributed by atoms with Crippen molar-refractivity contribution in [1.82, 2.24) is 4.98 Å². The number of rotatable bonds is 13. The number of nitrogens with zero attached hydrogens (tertiary/aromatic N) is 1. The Kier molecular flexibility index (Phi) is 10.9. The van der Waals surface area contributed by atoms with Gasteiger partial charge in [0.2, 0.25) is 11.8 Å². The van der Waals surface area contributed by atoms with Crippen LogP contribution in [0.3, 0.4) is 0 Å². The van der Waals surface area contributed by atoms with E-state index in [9.17, 15) is 9.59 Å². The number of carbonyl (C=O) groups excluding carboxylic acids is 2. The molecule has 0 spiro atoms. The summed E-state index contributed by atoms with van der Waals surface area (Å²) in [7, 11) is 0. The van der Waals surface area contributed by atoms with Crippen LogP contribution in [0.5, 0.6) is 0 Å². The molecule has 0 saturated carbocycles. The second-order valence-electron chi connectivity index (χ2n) is 7.50. The maximum absolute atomic E-state index is 12.3. The third-order valence-corrected chi connectivity index (χ3v) is 5.14. The molecule has 2 amide bonds. The standard InChI is InChI=1S/C24H32ClN3O2/c1-2-3-4-5-6-7-8-12-23(29)27-21-10-9-11-22(26-21)28-24(30)17-19-13-15-20(18-25)16-14-19/h9-11,13-16H,2-8,12,17-18H2,1H3,(H2,26,27,28,29,30). The van der Waals surface area contributed by atoms with E-state index in [4.69, 9.17) is 11.6 Å². The van der Waals surface area contributed by atoms with E-state index in [2.05, 4.69) is 22.5 Å². The van der Waals surface area contributed by atoms with Gasteiger partial charge in [-0.2, -0.15) is 0 Å². The van der Waals surface area contributed by atoms with Crippen LogP contribution in [0.25, 0.3) is 0 Å². The minimum absolute atomic E-state index is 0.0427. The number of alkyl halides is 1. The highest BCUT2D eigenvalue weighted by Crippen LogP contribution is 2.13. The number of amides is 2. The molecule has 0 aliphatic rings. The lowest BCUT2D eigenvalue weighted by Crippen LogP contribution is -2.17. The quantitative estimate of drug-likeness (QED) is 0.299. The van der Waals surface area contributed by atoms with Crippen LogP contribution < -0.4 is 10.6 Å². The van der Waals surface area contributed by atoms with Crippen molar-refractivity contribution in [1.29, 1.82) is 0 Å². The van der Waals surface area contributed by atoms with Crippen molar-refractivity contribution in [2.24, 2.45) is 0 Å². The van der Waals surface area contributed by atoms with Gasteiger partial charge < -0.3 is 10.6 Å². The first-order valence-electron chi connectivity index (χ1n) is 10.8. The first kappa shape index (κ1) is 23.9. The summed E-state index contributed by atoms with van der Waals surface area (Å²) in [6.45, 7) is 2.21. The molecule has 0 aliphatic carbocycles. The molecule has 1 aromatic heterocycles. The summed E-state index contributed by atoms with van der Waals surface area (Å²) in [6.07, 6.45) is 8.95. The molecule has 0 fully saturated rings. The number of hydrogen-bond donors (Lipinski definition) is 2. The summed E-state index contributed by atoms with van der Waals surface area (Å²) in [4.78, 5) is 28.7. The van der Waals surface area contributed by atoms with Crippen LogP contribution in [-0.4, -0.2) is 16.8 Å². The predicted octanol–water partition coefficient (Wildman–Crippen LogP) is 6.08. The van der Waals surface area contributed by atoms with Crippen molar-refractivity contribution in [2.75, 3.05) is 10.6 Å². The molecule has 30 heavy (non-hydrogen) atoms. The molecule has 0 unspecified atom stereocenters. The number of nitrogens with one attached hydrogen (secondary N) is 2. The zero-order valence-electron chi connectivity index (χ0n) is 17.8. The third kappa shape index (κ3) is 9.40. The minimum Gasteiger partial charge on any atom is -0.311 e. The maximum Gasteiger partial charge on any atom is 0.229 e. The normalized spacial score (nSPS) is 10.6. The lowest BCUT2D eigenvalue weighted by Gasteiger charge is -2.08. The van der Waals surface area contributed by atoms with Crippen molar-refractivity contribution in [2.45, 2.75) is 70.6 Å². The van der Waals surface area contributed by atoms with Gasteiger partial charge in [-0.05, 0) is 29.7 Å². The van der Waals surface area contributed by atoms with Gasteiger partial charge in [-0.1, -0.05) is 75.8 Å². The molecular formula is C24H32ClN3O2. The molecule has 2 aromatic rings. The number of anilines is 2. The second-order valence-corrected chi connectivity index (χ2v) is 7.77. The van der Waals surface area contributed by atoms with Gasteiger partial charge in [0.05, 0.1) is 6.42 Å². The number of unbranched alkanes of at least 4 members (excludes halogenated alkanes) is 6. The molecule has 0 bridgehead atoms. The molecule has 1 aromatic carbocycles. The zero-order valence-corrected chi connectivity index (χ0v) is 18.5. The Morgan fingerprint density at radius 3 is 2.00 bits per heavy atom. The SMILES string of the molecule is CCCCCCCCCC(=O)Nc1cccc(NC(=O)Cc2ccc(CCl)cc2)n1. The van der Waals surface area contributed by atoms with E-state index in [1.807, 2.05) is 24.3 Å². The zero-order chi connectivity index (χ0) is 21.6. The van der Waals surface area contributed by atoms with E-state index in [1.165, 1.54) is 32.1 Å². The number of halogens is 1. The third-order valence-electron chi connectivity index (χ3n) is 4.83. The molecule has 2 N–H and O–H groups in total. The predicted molar refractivity (Wildman–Crippen MR) is 124 cm³/mol. The Morgan fingerprint density at radius 1 is 0.800 bits per heavy atom. The van der Waals surface area contributed by atoms with Crippen LogP contribution in [-0.2, 0) is 21.9 Å². The van der Waals surface area contributed by atoms with E-state index in [-0.39, 0.29) is 18.2 Å². The van der Waals surface area contributed by atoms with E-state index in [0.717, 1.165) is 24.0 Å². The van der Waals surface area contributed by atoms with Crippen molar-refractivity contribution in [3.05, 3.63) is 53.6 Å². The van der Waals surface area contributed by atoms with E-state index in [1.54, 1.807) is 18.2 Å². The lowest BCUT2D eigenvalue weighted by molar-refractivity contribution is -0.116. The first-order chi connectivity index (χ1) is 14.6. The second kappa shape index (κ2) is 13.8. The Morgan fingerprint density at radius 2 is 1.37 bits per heavy atom. The molecule has 0 aliphatic heterocycles. The Bertz CT molecular complexity index is 793. The number of pyridine rings is 1. The van der Waals surface area contributed by atoms with Crippen molar-refractivity contribution in [3.8, 4) is 0 Å². The van der Waals surface area contributed by atoms with Crippen LogP contribution in [0.1, 0.15) is 69.4 Å². The van der Waals surface area contributed by atoms with E-state index < -0.39 is 0 Å². The van der Waals surface area contributed by atoms with Crippen LogP contribution in [0.2, 0.25) is 0 Å². The summed E-state index contributed by atoms with van der Waals surface area (Å²) in [5, 5.41) is 5.60. The fourth-order valence-corrected chi connectivity index (χ4v) is 3.32. The van der Waals surface area contributed by atoms with Crippen LogP contribution in [0.15, 0.2) is 42.5 Å². The lowest BCUT2D eigenvalue weighted by atomic mass is 10.1. The van der Waals surface area contributed by atoms with Crippen molar-refractivity contribution >= 4 is 35.1 Å². The molecule has 0 saturated heterocycles. The van der Waals surface area contributed by atoms with E-state index >= 15 is 0 Å². The van der Waals surface area contributed by atoms with Gasteiger partial charge in [-0.15, -0.1) is 11.6 Å². The smallest absolute Gasteiger partial charge is 0.229 e. The highest BCUT2D eigenvalue weighted by Gasteiger charge is 2.08. The van der Waals surface area contributed by atoms with Crippen LogP contribution >= 0.6 is 11.6 Å². The van der Waals surface area contributed by atoms with Gasteiger partial charge in [0.1, 0.15) is 11.6 Å². The number of hydrogen-bond acceptors (Lipinski definition) is 3. The fourth-order valence-electron chi connectivity index (χ4n) is 3.14. The largest absolute Gasteiger partial charge is 0.311 e. The summed E-state index contributed by atoms with van der Waals surface area (Å²) in [5.41, 5.74) is 1.92. The molecule has 1 heterocycles. The molecule has 0 radical (unpaired) electrons. The Balaban J connectivity index is 1.73. The molecule has 162 valence electrons. The fraction of sp³-hybridized carbons (Fsp3) is 0.458. The van der Waals surface area contributed by atoms with Crippen molar-refractivity contribution in [3.63, 3.8) is 0 Å². The number of carbonyl (C=O) groups is 2. The van der Waals surface area contributed by atoms with Gasteiger partial charge in [0, 0.05) is 12.3 Å². The maximum atomic E-state index is 12.3. The minimum atomic E-state index is -0.160. The number of aromatic nitrogens is 1. The monoisotopic (exact) mass is 429 g/mol. The average molecular weight is 430 g/mol. The molecule has 6 heteroatoms. The number of benzene rings is 1. The van der Waals surface area contributed by atoms with Gasteiger partial charge >= 0.3 is 0 Å². The van der Waals surface area contributed by atoms with Crippen LogP contribution in [0, 0.1) is 0 Å². The van der Waals surface area contributed by atoms with Gasteiger partial charge in [0.15, 0.2) is 0 Å². The first-order valence-corrected chi connectivity index (χ1v) is 11.3. The molecule has 2 rings (SSSR count). The highest BCUT2D eigenvalue weighted by atomic mass is 35.5. The molecule has 5 nitrogen and oxygen atoms in total. The highest BCUT2D eigenvalue weighted by molar-refractivity contribution is 6.17. The molecule has 0 atom stereocenters. The Labute approximate surface area is 184 Å². The molecular weight excluding hydrogens is 398 g/mol. The average Bonchev–Trinajstić information content (AvgIpc) is 2.74. The van der Waals surface area contributed by atoms with E-state index in [0.29, 0.717) is 23.9 Å². The summed E-state index contributed by atoms with van der Waals surface area (Å²) in [6, 6.07) is 12.8. The summed E-state index contributed by atoms with van der Waals surface area (Å²) in [5.74, 6) is 1.12. The van der Waals surface area contributed by atoms with Gasteiger partial charge in [-0.3, -0.25) is 9.59 Å². The van der Waals surface area contributed by atoms with Crippen molar-refractivity contribution < 1.29 is 9.59 Å².